The Balaban J connectivity index is 2.07. The van der Waals surface area contributed by atoms with E-state index in [1.807, 2.05) is 20.8 Å². The molecule has 118 valence electrons. The third kappa shape index (κ3) is 3.74. The molecule has 0 unspecified atom stereocenters. The quantitative estimate of drug-likeness (QED) is 0.721. The Morgan fingerprint density at radius 1 is 1.24 bits per heavy atom. The van der Waals surface area contributed by atoms with E-state index in [4.69, 9.17) is 0 Å². The minimum atomic E-state index is -0.607. The zero-order valence-electron chi connectivity index (χ0n) is 13.0. The maximum absolute atomic E-state index is 12.7. The maximum Gasteiger partial charge on any atom is 0.246 e. The van der Waals surface area contributed by atoms with Crippen LogP contribution in [-0.2, 0) is 14.4 Å². The summed E-state index contributed by atoms with van der Waals surface area (Å²) in [6.45, 7) is 6.29. The molecule has 1 aliphatic heterocycles. The van der Waals surface area contributed by atoms with Crippen LogP contribution in [0.1, 0.15) is 46.5 Å². The SMILES string of the molecule is CC(C)(C)[C@H](NC=O)C(=O)N1CCC[C@H]1C(=O)NC1CC1. The highest BCUT2D eigenvalue weighted by molar-refractivity contribution is 5.91. The number of hydrogen-bond acceptors (Lipinski definition) is 3. The van der Waals surface area contributed by atoms with E-state index in [2.05, 4.69) is 10.6 Å². The number of amides is 3. The second-order valence-electron chi connectivity index (χ2n) is 7.06. The number of nitrogens with one attached hydrogen (secondary N) is 2. The fourth-order valence-electron chi connectivity index (χ4n) is 2.75. The lowest BCUT2D eigenvalue weighted by Crippen LogP contribution is -2.56. The van der Waals surface area contributed by atoms with Crippen LogP contribution in [0.5, 0.6) is 0 Å². The fourth-order valence-corrected chi connectivity index (χ4v) is 2.75. The first kappa shape index (κ1) is 15.8. The standard InChI is InChI=1S/C15H25N3O3/c1-15(2,3)12(16-9-19)14(21)18-8-4-5-11(18)13(20)17-10-6-7-10/h9-12H,4-8H2,1-3H3,(H,16,19)(H,17,20)/t11-,12+/m0/s1. The van der Waals surface area contributed by atoms with Gasteiger partial charge in [0.2, 0.25) is 18.2 Å². The van der Waals surface area contributed by atoms with Crippen molar-refractivity contribution in [2.24, 2.45) is 5.41 Å². The van der Waals surface area contributed by atoms with Gasteiger partial charge in [-0.3, -0.25) is 14.4 Å². The van der Waals surface area contributed by atoms with Gasteiger partial charge in [0.25, 0.3) is 0 Å². The number of carbonyl (C=O) groups is 3. The first-order valence-electron chi connectivity index (χ1n) is 7.65. The zero-order chi connectivity index (χ0) is 15.6. The Bertz CT molecular complexity index is 426. The molecule has 0 aromatic rings. The first-order valence-corrected chi connectivity index (χ1v) is 7.65. The summed E-state index contributed by atoms with van der Waals surface area (Å²) in [5, 5.41) is 5.58. The molecule has 0 radical (unpaired) electrons. The van der Waals surface area contributed by atoms with E-state index in [0.717, 1.165) is 19.3 Å². The fraction of sp³-hybridized carbons (Fsp3) is 0.800. The van der Waals surface area contributed by atoms with E-state index in [1.165, 1.54) is 0 Å². The number of likely N-dealkylation sites (tertiary alicyclic amines) is 1. The summed E-state index contributed by atoms with van der Waals surface area (Å²) >= 11 is 0. The average Bonchev–Trinajstić information content (AvgIpc) is 3.06. The first-order chi connectivity index (χ1) is 9.84. The third-order valence-electron chi connectivity index (χ3n) is 4.11. The molecule has 0 spiro atoms. The Morgan fingerprint density at radius 3 is 2.43 bits per heavy atom. The van der Waals surface area contributed by atoms with Gasteiger partial charge in [-0.15, -0.1) is 0 Å². The van der Waals surface area contributed by atoms with Crippen molar-refractivity contribution in [3.8, 4) is 0 Å². The molecule has 1 aliphatic carbocycles. The molecule has 6 nitrogen and oxygen atoms in total. The smallest absolute Gasteiger partial charge is 0.246 e. The van der Waals surface area contributed by atoms with Crippen molar-refractivity contribution in [3.05, 3.63) is 0 Å². The molecule has 1 saturated heterocycles. The summed E-state index contributed by atoms with van der Waals surface area (Å²) in [4.78, 5) is 37.4. The van der Waals surface area contributed by atoms with E-state index < -0.39 is 17.5 Å². The lowest BCUT2D eigenvalue weighted by Gasteiger charge is -2.34. The van der Waals surface area contributed by atoms with Crippen LogP contribution < -0.4 is 10.6 Å². The summed E-state index contributed by atoms with van der Waals surface area (Å²) < 4.78 is 0. The highest BCUT2D eigenvalue weighted by atomic mass is 16.2. The molecular formula is C15H25N3O3. The minimum absolute atomic E-state index is 0.0536. The van der Waals surface area contributed by atoms with E-state index >= 15 is 0 Å². The molecule has 2 rings (SSSR count). The van der Waals surface area contributed by atoms with Crippen molar-refractivity contribution in [2.45, 2.75) is 64.6 Å². The topological polar surface area (TPSA) is 78.5 Å². The number of carbonyl (C=O) groups excluding carboxylic acids is 3. The van der Waals surface area contributed by atoms with Crippen molar-refractivity contribution < 1.29 is 14.4 Å². The minimum Gasteiger partial charge on any atom is -0.352 e. The molecule has 2 N–H and O–H groups in total. The highest BCUT2D eigenvalue weighted by Crippen LogP contribution is 2.26. The van der Waals surface area contributed by atoms with Gasteiger partial charge in [-0.05, 0) is 31.1 Å². The molecule has 1 saturated carbocycles. The molecule has 2 aliphatic rings. The maximum atomic E-state index is 12.7. The summed E-state index contributed by atoms with van der Waals surface area (Å²) in [5.74, 6) is -0.217. The van der Waals surface area contributed by atoms with E-state index in [-0.39, 0.29) is 11.8 Å². The largest absolute Gasteiger partial charge is 0.352 e. The lowest BCUT2D eigenvalue weighted by atomic mass is 9.85. The summed E-state index contributed by atoms with van der Waals surface area (Å²) in [7, 11) is 0. The summed E-state index contributed by atoms with van der Waals surface area (Å²) in [6, 6.07) is -0.706. The van der Waals surface area contributed by atoms with Crippen molar-refractivity contribution in [2.75, 3.05) is 6.54 Å². The molecule has 3 amide bonds. The molecule has 0 aromatic heterocycles. The Hall–Kier alpha value is -1.59. The molecule has 0 bridgehead atoms. The van der Waals surface area contributed by atoms with Crippen molar-refractivity contribution in [3.63, 3.8) is 0 Å². The molecular weight excluding hydrogens is 270 g/mol. The highest BCUT2D eigenvalue weighted by Gasteiger charge is 2.41. The normalized spacial score (nSPS) is 23.6. The van der Waals surface area contributed by atoms with Crippen LogP contribution in [0.15, 0.2) is 0 Å². The molecule has 2 fully saturated rings. The second-order valence-corrected chi connectivity index (χ2v) is 7.06. The lowest BCUT2D eigenvalue weighted by molar-refractivity contribution is -0.142. The number of nitrogens with zero attached hydrogens (tertiary/aromatic N) is 1. The number of hydrogen-bond donors (Lipinski definition) is 2. The Labute approximate surface area is 125 Å². The molecule has 2 atom stereocenters. The van der Waals surface area contributed by atoms with Gasteiger partial charge in [0.15, 0.2) is 0 Å². The van der Waals surface area contributed by atoms with Crippen LogP contribution in [-0.4, -0.2) is 47.8 Å². The average molecular weight is 295 g/mol. The van der Waals surface area contributed by atoms with Crippen LogP contribution in [0, 0.1) is 5.41 Å². The second kappa shape index (κ2) is 6.03. The Kier molecular flexibility index (Phi) is 4.54. The van der Waals surface area contributed by atoms with Crippen LogP contribution in [0.2, 0.25) is 0 Å². The monoisotopic (exact) mass is 295 g/mol. The molecule has 6 heteroatoms. The molecule has 21 heavy (non-hydrogen) atoms. The molecule has 1 heterocycles. The third-order valence-corrected chi connectivity index (χ3v) is 4.11. The van der Waals surface area contributed by atoms with Gasteiger partial charge in [-0.2, -0.15) is 0 Å². The summed E-state index contributed by atoms with van der Waals surface area (Å²) in [6.07, 6.45) is 4.14. The van der Waals surface area contributed by atoms with E-state index in [1.54, 1.807) is 4.90 Å². The van der Waals surface area contributed by atoms with Gasteiger partial charge in [-0.25, -0.2) is 0 Å². The van der Waals surface area contributed by atoms with Crippen molar-refractivity contribution in [1.82, 2.24) is 15.5 Å². The van der Waals surface area contributed by atoms with Gasteiger partial charge in [0.05, 0.1) is 0 Å². The van der Waals surface area contributed by atoms with E-state index in [9.17, 15) is 14.4 Å². The van der Waals surface area contributed by atoms with Gasteiger partial charge < -0.3 is 15.5 Å². The van der Waals surface area contributed by atoms with Crippen LogP contribution >= 0.6 is 0 Å². The van der Waals surface area contributed by atoms with Gasteiger partial charge in [-0.1, -0.05) is 20.8 Å². The predicted octanol–water partition coefficient (Wildman–Crippen LogP) is 0.417. The predicted molar refractivity (Wildman–Crippen MR) is 78.3 cm³/mol. The van der Waals surface area contributed by atoms with Crippen LogP contribution in [0.25, 0.3) is 0 Å². The number of rotatable bonds is 5. The van der Waals surface area contributed by atoms with Gasteiger partial charge in [0.1, 0.15) is 12.1 Å². The van der Waals surface area contributed by atoms with Crippen molar-refractivity contribution in [1.29, 1.82) is 0 Å². The Morgan fingerprint density at radius 2 is 1.90 bits per heavy atom. The van der Waals surface area contributed by atoms with Gasteiger partial charge >= 0.3 is 0 Å². The van der Waals surface area contributed by atoms with Gasteiger partial charge in [0, 0.05) is 12.6 Å². The zero-order valence-corrected chi connectivity index (χ0v) is 13.0. The van der Waals surface area contributed by atoms with Crippen LogP contribution in [0.3, 0.4) is 0 Å². The summed E-state index contributed by atoms with van der Waals surface area (Å²) in [5.41, 5.74) is -0.391. The van der Waals surface area contributed by atoms with E-state index in [0.29, 0.717) is 25.4 Å². The van der Waals surface area contributed by atoms with Crippen molar-refractivity contribution >= 4 is 18.2 Å². The molecule has 0 aromatic carbocycles. The van der Waals surface area contributed by atoms with Crippen LogP contribution in [0.4, 0.5) is 0 Å².